The van der Waals surface area contributed by atoms with E-state index in [9.17, 15) is 19.8 Å². The van der Waals surface area contributed by atoms with Gasteiger partial charge in [0, 0.05) is 0 Å². The number of aromatic hydroxyl groups is 1. The lowest BCUT2D eigenvalue weighted by atomic mass is 9.69. The van der Waals surface area contributed by atoms with Gasteiger partial charge in [-0.05, 0) is 51.3 Å². The maximum Gasteiger partial charge on any atom is 0.412 e. The summed E-state index contributed by atoms with van der Waals surface area (Å²) in [7, 11) is 0. The lowest BCUT2D eigenvalue weighted by Crippen LogP contribution is -2.37. The molecule has 1 fully saturated rings. The maximum atomic E-state index is 11.8. The van der Waals surface area contributed by atoms with E-state index in [0.29, 0.717) is 18.4 Å². The topological polar surface area (TPSA) is 95.9 Å². The Morgan fingerprint density at radius 1 is 1.17 bits per heavy atom. The number of rotatable bonds is 3. The third-order valence-corrected chi connectivity index (χ3v) is 4.30. The summed E-state index contributed by atoms with van der Waals surface area (Å²) in [5, 5.41) is 22.4. The number of phenolic OH excluding ortho intramolecular Hbond substituents is 1. The van der Waals surface area contributed by atoms with Gasteiger partial charge < -0.3 is 14.9 Å². The minimum absolute atomic E-state index is 0.162. The van der Waals surface area contributed by atoms with E-state index in [1.165, 1.54) is 12.1 Å². The maximum absolute atomic E-state index is 11.8. The monoisotopic (exact) mass is 335 g/mol. The van der Waals surface area contributed by atoms with Gasteiger partial charge in [0.1, 0.15) is 11.4 Å². The van der Waals surface area contributed by atoms with Crippen LogP contribution in [-0.2, 0) is 14.9 Å². The summed E-state index contributed by atoms with van der Waals surface area (Å²) < 4.78 is 5.15. The molecular formula is C18H25NO5. The number of aliphatic carboxylic acids is 1. The molecule has 2 rings (SSSR count). The van der Waals surface area contributed by atoms with Crippen molar-refractivity contribution in [2.45, 2.75) is 63.9 Å². The Hall–Kier alpha value is -2.24. The van der Waals surface area contributed by atoms with Gasteiger partial charge in [0.05, 0.1) is 11.1 Å². The number of hydrogen-bond donors (Lipinski definition) is 3. The number of ether oxygens (including phenoxy) is 1. The van der Waals surface area contributed by atoms with Crippen molar-refractivity contribution in [3.63, 3.8) is 0 Å². The molecule has 1 aliphatic carbocycles. The van der Waals surface area contributed by atoms with Crippen molar-refractivity contribution < 1.29 is 24.5 Å². The average Bonchev–Trinajstić information content (AvgIpc) is 2.48. The number of nitrogens with one attached hydrogen (secondary N) is 1. The van der Waals surface area contributed by atoms with Crippen molar-refractivity contribution in [1.29, 1.82) is 0 Å². The van der Waals surface area contributed by atoms with E-state index in [1.54, 1.807) is 26.8 Å². The summed E-state index contributed by atoms with van der Waals surface area (Å²) in [6.45, 7) is 5.24. The van der Waals surface area contributed by atoms with Crippen LogP contribution in [0.15, 0.2) is 18.2 Å². The lowest BCUT2D eigenvalue weighted by Gasteiger charge is -2.33. The second kappa shape index (κ2) is 6.71. The highest BCUT2D eigenvalue weighted by molar-refractivity contribution is 5.88. The highest BCUT2D eigenvalue weighted by Gasteiger charge is 2.41. The van der Waals surface area contributed by atoms with E-state index in [-0.39, 0.29) is 11.4 Å². The normalized spacial score (nSPS) is 17.1. The summed E-state index contributed by atoms with van der Waals surface area (Å²) in [5.74, 6) is -1.03. The van der Waals surface area contributed by atoms with Crippen LogP contribution in [0.2, 0.25) is 0 Å². The SMILES string of the molecule is CC(C)(C)OC(=O)Nc1ccc(C2(C(=O)O)CCCCC2)cc1O. The Balaban J connectivity index is 2.22. The van der Waals surface area contributed by atoms with Crippen molar-refractivity contribution in [3.05, 3.63) is 23.8 Å². The zero-order valence-corrected chi connectivity index (χ0v) is 14.4. The van der Waals surface area contributed by atoms with Crippen LogP contribution in [-0.4, -0.2) is 27.9 Å². The molecule has 0 atom stereocenters. The minimum atomic E-state index is -0.958. The zero-order valence-electron chi connectivity index (χ0n) is 14.4. The molecule has 0 heterocycles. The fraction of sp³-hybridized carbons (Fsp3) is 0.556. The first-order valence-electron chi connectivity index (χ1n) is 8.21. The molecule has 1 amide bonds. The molecule has 3 N–H and O–H groups in total. The molecule has 6 nitrogen and oxygen atoms in total. The third-order valence-electron chi connectivity index (χ3n) is 4.30. The summed E-state index contributed by atoms with van der Waals surface area (Å²) >= 11 is 0. The van der Waals surface area contributed by atoms with E-state index >= 15 is 0 Å². The molecule has 0 aliphatic heterocycles. The van der Waals surface area contributed by atoms with Crippen molar-refractivity contribution in [1.82, 2.24) is 0 Å². The van der Waals surface area contributed by atoms with Crippen LogP contribution >= 0.6 is 0 Å². The van der Waals surface area contributed by atoms with Crippen LogP contribution in [0.4, 0.5) is 10.5 Å². The molecule has 1 aliphatic rings. The van der Waals surface area contributed by atoms with Gasteiger partial charge in [-0.15, -0.1) is 0 Å². The van der Waals surface area contributed by atoms with Crippen molar-refractivity contribution in [2.75, 3.05) is 5.32 Å². The number of carbonyl (C=O) groups is 2. The van der Waals surface area contributed by atoms with E-state index in [2.05, 4.69) is 5.32 Å². The second-order valence-electron chi connectivity index (χ2n) is 7.31. The highest BCUT2D eigenvalue weighted by Crippen LogP contribution is 2.42. The van der Waals surface area contributed by atoms with Gasteiger partial charge in [-0.3, -0.25) is 10.1 Å². The van der Waals surface area contributed by atoms with Crippen LogP contribution in [0.25, 0.3) is 0 Å². The number of hydrogen-bond acceptors (Lipinski definition) is 4. The Bertz CT molecular complexity index is 627. The number of phenols is 1. The molecule has 1 aromatic rings. The fourth-order valence-electron chi connectivity index (χ4n) is 3.13. The number of carboxylic acids is 1. The predicted molar refractivity (Wildman–Crippen MR) is 90.4 cm³/mol. The molecule has 6 heteroatoms. The molecule has 0 spiro atoms. The van der Waals surface area contributed by atoms with Crippen molar-refractivity contribution in [2.24, 2.45) is 0 Å². The van der Waals surface area contributed by atoms with Crippen LogP contribution in [0.5, 0.6) is 5.75 Å². The summed E-state index contributed by atoms with van der Waals surface area (Å²) in [6.07, 6.45) is 3.17. The van der Waals surface area contributed by atoms with Gasteiger partial charge in [0.2, 0.25) is 0 Å². The number of carbonyl (C=O) groups excluding carboxylic acids is 1. The standard InChI is InChI=1S/C18H25NO5/c1-17(2,3)24-16(23)19-13-8-7-12(11-14(13)20)18(15(21)22)9-5-4-6-10-18/h7-8,11,20H,4-6,9-10H2,1-3H3,(H,19,23)(H,21,22). The first-order valence-corrected chi connectivity index (χ1v) is 8.21. The Morgan fingerprint density at radius 2 is 1.79 bits per heavy atom. The summed E-state index contributed by atoms with van der Waals surface area (Å²) in [4.78, 5) is 23.6. The largest absolute Gasteiger partial charge is 0.506 e. The summed E-state index contributed by atoms with van der Waals surface area (Å²) in [5.41, 5.74) is -0.832. The fourth-order valence-corrected chi connectivity index (χ4v) is 3.13. The van der Waals surface area contributed by atoms with Crippen LogP contribution in [0.3, 0.4) is 0 Å². The zero-order chi connectivity index (χ0) is 18.0. The van der Waals surface area contributed by atoms with Crippen LogP contribution < -0.4 is 5.32 Å². The quantitative estimate of drug-likeness (QED) is 0.725. The molecule has 0 aromatic heterocycles. The van der Waals surface area contributed by atoms with Gasteiger partial charge in [-0.1, -0.05) is 25.3 Å². The van der Waals surface area contributed by atoms with Crippen LogP contribution in [0, 0.1) is 0 Å². The predicted octanol–water partition coefficient (Wildman–Crippen LogP) is 4.03. The van der Waals surface area contributed by atoms with Gasteiger partial charge >= 0.3 is 12.1 Å². The number of amides is 1. The summed E-state index contributed by atoms with van der Waals surface area (Å²) in [6, 6.07) is 4.62. The van der Waals surface area contributed by atoms with Crippen LogP contribution in [0.1, 0.15) is 58.4 Å². The van der Waals surface area contributed by atoms with E-state index in [1.807, 2.05) is 0 Å². The smallest absolute Gasteiger partial charge is 0.412 e. The second-order valence-corrected chi connectivity index (χ2v) is 7.31. The Morgan fingerprint density at radius 3 is 2.29 bits per heavy atom. The molecular weight excluding hydrogens is 310 g/mol. The van der Waals surface area contributed by atoms with Crippen molar-refractivity contribution >= 4 is 17.7 Å². The third kappa shape index (κ3) is 3.99. The molecule has 0 radical (unpaired) electrons. The number of carboxylic acid groups (broad SMARTS) is 1. The first kappa shape index (κ1) is 18.1. The Kier molecular flexibility index (Phi) is 5.06. The van der Waals surface area contributed by atoms with E-state index in [4.69, 9.17) is 4.74 Å². The minimum Gasteiger partial charge on any atom is -0.506 e. The number of benzene rings is 1. The van der Waals surface area contributed by atoms with Gasteiger partial charge in [-0.25, -0.2) is 4.79 Å². The van der Waals surface area contributed by atoms with E-state index < -0.39 is 23.1 Å². The van der Waals surface area contributed by atoms with Gasteiger partial charge in [-0.2, -0.15) is 0 Å². The lowest BCUT2D eigenvalue weighted by molar-refractivity contribution is -0.145. The van der Waals surface area contributed by atoms with E-state index in [0.717, 1.165) is 19.3 Å². The first-order chi connectivity index (χ1) is 11.1. The average molecular weight is 335 g/mol. The molecule has 1 saturated carbocycles. The molecule has 132 valence electrons. The molecule has 0 unspecified atom stereocenters. The molecule has 0 bridgehead atoms. The van der Waals surface area contributed by atoms with Gasteiger partial charge in [0.15, 0.2) is 0 Å². The number of anilines is 1. The van der Waals surface area contributed by atoms with Gasteiger partial charge in [0.25, 0.3) is 0 Å². The van der Waals surface area contributed by atoms with Crippen molar-refractivity contribution in [3.8, 4) is 5.75 Å². The molecule has 1 aromatic carbocycles. The molecule has 24 heavy (non-hydrogen) atoms. The Labute approximate surface area is 141 Å². The highest BCUT2D eigenvalue weighted by atomic mass is 16.6. The molecule has 0 saturated heterocycles.